The van der Waals surface area contributed by atoms with Gasteiger partial charge in [0, 0.05) is 29.2 Å². The molecule has 2 aromatic carbocycles. The van der Waals surface area contributed by atoms with Gasteiger partial charge < -0.3 is 4.90 Å². The Kier molecular flexibility index (Phi) is 4.57. The van der Waals surface area contributed by atoms with Crippen LogP contribution in [0.4, 0.5) is 4.39 Å². The van der Waals surface area contributed by atoms with Gasteiger partial charge in [-0.2, -0.15) is 0 Å². The first-order valence-electron chi connectivity index (χ1n) is 8.63. The fourth-order valence-electron chi connectivity index (χ4n) is 3.49. The minimum Gasteiger partial charge on any atom is -0.323 e. The molecule has 26 heavy (non-hydrogen) atoms. The van der Waals surface area contributed by atoms with Crippen molar-refractivity contribution in [1.82, 2.24) is 4.90 Å². The van der Waals surface area contributed by atoms with E-state index >= 15 is 0 Å². The van der Waals surface area contributed by atoms with Gasteiger partial charge in [-0.05, 0) is 34.7 Å². The lowest BCUT2D eigenvalue weighted by Gasteiger charge is -2.38. The third kappa shape index (κ3) is 3.28. The normalized spacial score (nSPS) is 19.6. The number of hydrogen-bond acceptors (Lipinski definition) is 3. The second-order valence-corrected chi connectivity index (χ2v) is 8.76. The molecule has 2 aliphatic rings. The minimum absolute atomic E-state index is 0.0570. The number of thioether (sulfide) groups is 1. The molecule has 0 aliphatic carbocycles. The fourth-order valence-corrected chi connectivity index (χ4v) is 4.66. The SMILES string of the molecule is CC1(C)CN=C2SC=C(C(c3ccc(F)cc3)c3ccccc3Cl)N2C1. The first kappa shape index (κ1) is 17.6. The van der Waals surface area contributed by atoms with Crippen LogP contribution in [0.1, 0.15) is 30.9 Å². The molecule has 0 fully saturated rings. The van der Waals surface area contributed by atoms with E-state index in [-0.39, 0.29) is 17.2 Å². The summed E-state index contributed by atoms with van der Waals surface area (Å²) >= 11 is 8.21. The van der Waals surface area contributed by atoms with Crippen LogP contribution in [-0.2, 0) is 0 Å². The van der Waals surface area contributed by atoms with E-state index in [0.29, 0.717) is 0 Å². The molecule has 0 saturated carbocycles. The molecule has 0 bridgehead atoms. The second-order valence-electron chi connectivity index (χ2n) is 7.52. The number of fused-ring (bicyclic) bond motifs is 1. The summed E-state index contributed by atoms with van der Waals surface area (Å²) in [5.74, 6) is -0.291. The van der Waals surface area contributed by atoms with E-state index < -0.39 is 0 Å². The zero-order valence-corrected chi connectivity index (χ0v) is 16.3. The Morgan fingerprint density at radius 3 is 2.62 bits per heavy atom. The quantitative estimate of drug-likeness (QED) is 0.652. The standard InChI is InChI=1S/C21H20ClFN2S/c1-21(2)12-24-20-25(13-21)18(11-26-20)19(14-7-9-15(23)10-8-14)16-5-3-4-6-17(16)22/h3-11,19H,12-13H2,1-2H3. The zero-order chi connectivity index (χ0) is 18.3. The van der Waals surface area contributed by atoms with Gasteiger partial charge in [-0.25, -0.2) is 4.39 Å². The Balaban J connectivity index is 1.82. The van der Waals surface area contributed by atoms with Crippen molar-refractivity contribution in [2.75, 3.05) is 13.1 Å². The molecule has 0 saturated heterocycles. The van der Waals surface area contributed by atoms with Crippen LogP contribution in [0.5, 0.6) is 0 Å². The third-order valence-electron chi connectivity index (χ3n) is 4.77. The lowest BCUT2D eigenvalue weighted by Crippen LogP contribution is -2.42. The Hall–Kier alpha value is -1.78. The number of amidine groups is 1. The van der Waals surface area contributed by atoms with Crippen molar-refractivity contribution in [1.29, 1.82) is 0 Å². The molecule has 1 unspecified atom stereocenters. The first-order chi connectivity index (χ1) is 12.4. The van der Waals surface area contributed by atoms with Crippen LogP contribution in [0.15, 0.2) is 64.6 Å². The largest absolute Gasteiger partial charge is 0.323 e. The van der Waals surface area contributed by atoms with E-state index in [2.05, 4.69) is 24.2 Å². The Bertz CT molecular complexity index is 889. The van der Waals surface area contributed by atoms with Crippen LogP contribution in [0.25, 0.3) is 0 Å². The van der Waals surface area contributed by atoms with E-state index in [9.17, 15) is 4.39 Å². The summed E-state index contributed by atoms with van der Waals surface area (Å²) in [6.07, 6.45) is 0. The van der Waals surface area contributed by atoms with Crippen LogP contribution in [0.3, 0.4) is 0 Å². The zero-order valence-electron chi connectivity index (χ0n) is 14.7. The molecule has 2 heterocycles. The van der Waals surface area contributed by atoms with E-state index in [4.69, 9.17) is 16.6 Å². The van der Waals surface area contributed by atoms with E-state index in [1.165, 1.54) is 12.1 Å². The summed E-state index contributed by atoms with van der Waals surface area (Å²) in [5, 5.41) is 3.92. The van der Waals surface area contributed by atoms with E-state index in [0.717, 1.165) is 40.1 Å². The van der Waals surface area contributed by atoms with Crippen LogP contribution in [-0.4, -0.2) is 23.2 Å². The molecule has 2 nitrogen and oxygen atoms in total. The molecule has 0 amide bonds. The minimum atomic E-state index is -0.234. The van der Waals surface area contributed by atoms with Gasteiger partial charge in [-0.15, -0.1) is 0 Å². The average Bonchev–Trinajstić information content (AvgIpc) is 3.00. The van der Waals surface area contributed by atoms with Crippen molar-refractivity contribution in [2.45, 2.75) is 19.8 Å². The maximum atomic E-state index is 13.5. The lowest BCUT2D eigenvalue weighted by molar-refractivity contribution is 0.271. The average molecular weight is 387 g/mol. The number of nitrogens with zero attached hydrogens (tertiary/aromatic N) is 2. The molecule has 5 heteroatoms. The van der Waals surface area contributed by atoms with Gasteiger partial charge in [-0.1, -0.05) is 67.5 Å². The van der Waals surface area contributed by atoms with Gasteiger partial charge >= 0.3 is 0 Å². The highest BCUT2D eigenvalue weighted by Crippen LogP contribution is 2.44. The maximum absolute atomic E-state index is 13.5. The van der Waals surface area contributed by atoms with Gasteiger partial charge in [0.25, 0.3) is 0 Å². The van der Waals surface area contributed by atoms with Crippen molar-refractivity contribution >= 4 is 28.5 Å². The second kappa shape index (κ2) is 6.75. The summed E-state index contributed by atoms with van der Waals surface area (Å²) in [7, 11) is 0. The van der Waals surface area contributed by atoms with Crippen molar-refractivity contribution in [3.63, 3.8) is 0 Å². The summed E-state index contributed by atoms with van der Waals surface area (Å²) in [6, 6.07) is 14.6. The van der Waals surface area contributed by atoms with Crippen LogP contribution < -0.4 is 0 Å². The number of halogens is 2. The van der Waals surface area contributed by atoms with Crippen molar-refractivity contribution < 1.29 is 4.39 Å². The number of hydrogen-bond donors (Lipinski definition) is 0. The molecular weight excluding hydrogens is 367 g/mol. The van der Waals surface area contributed by atoms with Gasteiger partial charge in [0.05, 0.1) is 5.92 Å². The Morgan fingerprint density at radius 2 is 1.88 bits per heavy atom. The Labute approximate surface area is 162 Å². The number of benzene rings is 2. The van der Waals surface area contributed by atoms with E-state index in [1.54, 1.807) is 11.8 Å². The number of allylic oxidation sites excluding steroid dienone is 1. The van der Waals surface area contributed by atoms with Crippen LogP contribution in [0, 0.1) is 11.2 Å². The predicted molar refractivity (Wildman–Crippen MR) is 108 cm³/mol. The fraction of sp³-hybridized carbons (Fsp3) is 0.286. The molecule has 0 aromatic heterocycles. The van der Waals surface area contributed by atoms with E-state index in [1.807, 2.05) is 36.4 Å². The maximum Gasteiger partial charge on any atom is 0.167 e. The molecule has 134 valence electrons. The molecule has 2 aliphatic heterocycles. The Morgan fingerprint density at radius 1 is 1.15 bits per heavy atom. The van der Waals surface area contributed by atoms with Crippen LogP contribution in [0.2, 0.25) is 5.02 Å². The summed E-state index contributed by atoms with van der Waals surface area (Å²) in [4.78, 5) is 7.06. The number of rotatable bonds is 3. The molecule has 2 aromatic rings. The van der Waals surface area contributed by atoms with Gasteiger partial charge in [0.1, 0.15) is 5.82 Å². The van der Waals surface area contributed by atoms with Crippen molar-refractivity contribution in [3.05, 3.63) is 81.6 Å². The summed E-state index contributed by atoms with van der Waals surface area (Å²) < 4.78 is 13.5. The summed E-state index contributed by atoms with van der Waals surface area (Å²) in [5.41, 5.74) is 3.32. The molecule has 4 rings (SSSR count). The lowest BCUT2D eigenvalue weighted by atomic mass is 9.86. The highest BCUT2D eigenvalue weighted by atomic mass is 35.5. The van der Waals surface area contributed by atoms with Gasteiger partial charge in [-0.3, -0.25) is 4.99 Å². The predicted octanol–water partition coefficient (Wildman–Crippen LogP) is 5.90. The third-order valence-corrected chi connectivity index (χ3v) is 6.04. The number of aliphatic imine (C=N–C) groups is 1. The van der Waals surface area contributed by atoms with Crippen LogP contribution >= 0.6 is 23.4 Å². The summed E-state index contributed by atoms with van der Waals surface area (Å²) in [6.45, 7) is 6.21. The monoisotopic (exact) mass is 386 g/mol. The van der Waals surface area contributed by atoms with Gasteiger partial charge in [0.15, 0.2) is 5.17 Å². The highest BCUT2D eigenvalue weighted by Gasteiger charge is 2.37. The topological polar surface area (TPSA) is 15.6 Å². The molecule has 0 spiro atoms. The van der Waals surface area contributed by atoms with Gasteiger partial charge in [0.2, 0.25) is 0 Å². The molecule has 1 atom stereocenters. The highest BCUT2D eigenvalue weighted by molar-refractivity contribution is 8.16. The smallest absolute Gasteiger partial charge is 0.167 e. The molecule has 0 N–H and O–H groups in total. The van der Waals surface area contributed by atoms with Crippen molar-refractivity contribution in [3.8, 4) is 0 Å². The molecular formula is C21H20ClFN2S. The molecule has 0 radical (unpaired) electrons. The van der Waals surface area contributed by atoms with Crippen molar-refractivity contribution in [2.24, 2.45) is 10.4 Å². The first-order valence-corrected chi connectivity index (χ1v) is 9.89.